The van der Waals surface area contributed by atoms with Crippen molar-refractivity contribution in [2.75, 3.05) is 12.5 Å². The van der Waals surface area contributed by atoms with E-state index in [9.17, 15) is 20.2 Å². The minimum atomic E-state index is -0.691. The zero-order valence-electron chi connectivity index (χ0n) is 13.6. The molecule has 9 heteroatoms. The molecule has 0 aliphatic rings. The summed E-state index contributed by atoms with van der Waals surface area (Å²) in [7, 11) is 1.59. The number of methoxy groups -OCH3 is 1. The number of hydrazone groups is 1. The van der Waals surface area contributed by atoms with Gasteiger partial charge < -0.3 is 4.74 Å². The Morgan fingerprint density at radius 2 is 1.80 bits per heavy atom. The maximum Gasteiger partial charge on any atom is 0.301 e. The summed E-state index contributed by atoms with van der Waals surface area (Å²) in [5, 5.41) is 25.9. The summed E-state index contributed by atoms with van der Waals surface area (Å²) in [4.78, 5) is 20.4. The quantitative estimate of drug-likeness (QED) is 0.466. The van der Waals surface area contributed by atoms with Gasteiger partial charge in [-0.25, -0.2) is 0 Å². The Hall–Kier alpha value is -3.49. The third kappa shape index (κ3) is 4.74. The first kappa shape index (κ1) is 17.9. The van der Waals surface area contributed by atoms with Crippen LogP contribution in [0, 0.1) is 20.2 Å². The first-order valence-corrected chi connectivity index (χ1v) is 7.25. The number of non-ortho nitro benzene ring substituents is 1. The van der Waals surface area contributed by atoms with Gasteiger partial charge in [0.2, 0.25) is 0 Å². The number of benzene rings is 2. The van der Waals surface area contributed by atoms with E-state index in [2.05, 4.69) is 10.5 Å². The number of nitro benzene ring substituents is 2. The Morgan fingerprint density at radius 1 is 1.12 bits per heavy atom. The van der Waals surface area contributed by atoms with Gasteiger partial charge in [-0.05, 0) is 30.7 Å². The zero-order chi connectivity index (χ0) is 18.4. The standard InChI is InChI=1S/C16H16N4O5/c1-11(9-12-3-6-14(25-2)7-4-12)17-18-15-8-5-13(19(21)22)10-16(15)20(23)24/h3-8,10,18H,9H2,1-2H3/b17-11+. The lowest BCUT2D eigenvalue weighted by Gasteiger charge is -2.05. The number of nitrogens with one attached hydrogen (secondary N) is 1. The fourth-order valence-electron chi connectivity index (χ4n) is 2.11. The lowest BCUT2D eigenvalue weighted by atomic mass is 10.1. The van der Waals surface area contributed by atoms with Crippen LogP contribution in [-0.4, -0.2) is 22.7 Å². The maximum atomic E-state index is 11.1. The van der Waals surface area contributed by atoms with Gasteiger partial charge in [0.1, 0.15) is 11.4 Å². The van der Waals surface area contributed by atoms with Crippen LogP contribution in [0.2, 0.25) is 0 Å². The van der Waals surface area contributed by atoms with Gasteiger partial charge in [-0.3, -0.25) is 25.7 Å². The predicted molar refractivity (Wildman–Crippen MR) is 93.2 cm³/mol. The van der Waals surface area contributed by atoms with Gasteiger partial charge in [0.15, 0.2) is 0 Å². The van der Waals surface area contributed by atoms with Gasteiger partial charge in [0.05, 0.1) is 23.0 Å². The highest BCUT2D eigenvalue weighted by Crippen LogP contribution is 2.28. The van der Waals surface area contributed by atoms with Crippen LogP contribution in [0.25, 0.3) is 0 Å². The molecule has 130 valence electrons. The van der Waals surface area contributed by atoms with Crippen LogP contribution >= 0.6 is 0 Å². The smallest absolute Gasteiger partial charge is 0.301 e. The van der Waals surface area contributed by atoms with Crippen molar-refractivity contribution in [2.24, 2.45) is 5.10 Å². The molecule has 1 N–H and O–H groups in total. The molecule has 0 amide bonds. The molecule has 0 heterocycles. The second-order valence-corrected chi connectivity index (χ2v) is 5.20. The van der Waals surface area contributed by atoms with Crippen LogP contribution in [-0.2, 0) is 6.42 Å². The molecule has 0 bridgehead atoms. The summed E-state index contributed by atoms with van der Waals surface area (Å²) in [5.41, 5.74) is 3.63. The highest BCUT2D eigenvalue weighted by atomic mass is 16.6. The van der Waals surface area contributed by atoms with Crippen molar-refractivity contribution in [1.82, 2.24) is 0 Å². The molecule has 0 saturated carbocycles. The van der Waals surface area contributed by atoms with E-state index in [4.69, 9.17) is 4.74 Å². The Morgan fingerprint density at radius 3 is 2.36 bits per heavy atom. The zero-order valence-corrected chi connectivity index (χ0v) is 13.6. The summed E-state index contributed by atoms with van der Waals surface area (Å²) in [6, 6.07) is 10.8. The minimum absolute atomic E-state index is 0.0877. The van der Waals surface area contributed by atoms with Gasteiger partial charge in [-0.1, -0.05) is 12.1 Å². The number of rotatable bonds is 7. The molecule has 0 aromatic heterocycles. The van der Waals surface area contributed by atoms with Crippen LogP contribution in [0.3, 0.4) is 0 Å². The van der Waals surface area contributed by atoms with Crippen molar-refractivity contribution in [1.29, 1.82) is 0 Å². The summed E-state index contributed by atoms with van der Waals surface area (Å²) >= 11 is 0. The number of nitrogens with zero attached hydrogens (tertiary/aromatic N) is 3. The third-order valence-electron chi connectivity index (χ3n) is 3.38. The first-order valence-electron chi connectivity index (χ1n) is 7.25. The minimum Gasteiger partial charge on any atom is -0.497 e. The van der Waals surface area contributed by atoms with E-state index < -0.39 is 15.5 Å². The van der Waals surface area contributed by atoms with Crippen LogP contribution in [0.15, 0.2) is 47.6 Å². The molecule has 2 rings (SSSR count). The molecule has 2 aromatic rings. The second kappa shape index (κ2) is 7.86. The number of hydrogen-bond acceptors (Lipinski definition) is 7. The molecular weight excluding hydrogens is 328 g/mol. The van der Waals surface area contributed by atoms with Crippen molar-refractivity contribution < 1.29 is 14.6 Å². The van der Waals surface area contributed by atoms with E-state index in [1.54, 1.807) is 14.0 Å². The van der Waals surface area contributed by atoms with Crippen LogP contribution in [0.4, 0.5) is 17.1 Å². The SMILES string of the molecule is COc1ccc(C/C(C)=N/Nc2ccc([N+](=O)[O-])cc2[N+](=O)[O-])cc1. The normalized spacial score (nSPS) is 11.0. The van der Waals surface area contributed by atoms with Crippen molar-refractivity contribution in [3.63, 3.8) is 0 Å². The number of ether oxygens (including phenoxy) is 1. The average molecular weight is 344 g/mol. The van der Waals surface area contributed by atoms with Gasteiger partial charge >= 0.3 is 5.69 Å². The molecule has 2 aromatic carbocycles. The number of nitro groups is 2. The lowest BCUT2D eigenvalue weighted by molar-refractivity contribution is -0.393. The molecule has 25 heavy (non-hydrogen) atoms. The van der Waals surface area contributed by atoms with E-state index in [-0.39, 0.29) is 11.4 Å². The van der Waals surface area contributed by atoms with E-state index in [0.29, 0.717) is 12.1 Å². The highest BCUT2D eigenvalue weighted by molar-refractivity contribution is 5.85. The van der Waals surface area contributed by atoms with Crippen molar-refractivity contribution in [2.45, 2.75) is 13.3 Å². The molecule has 0 saturated heterocycles. The molecule has 0 fully saturated rings. The Kier molecular flexibility index (Phi) is 5.62. The molecule has 0 spiro atoms. The third-order valence-corrected chi connectivity index (χ3v) is 3.38. The molecule has 0 unspecified atom stereocenters. The number of hydrogen-bond donors (Lipinski definition) is 1. The summed E-state index contributed by atoms with van der Waals surface area (Å²) in [5.74, 6) is 0.748. The second-order valence-electron chi connectivity index (χ2n) is 5.20. The Labute approximate surface area is 143 Å². The van der Waals surface area contributed by atoms with Gasteiger partial charge in [-0.2, -0.15) is 5.10 Å². The molecule has 0 radical (unpaired) electrons. The van der Waals surface area contributed by atoms with Gasteiger partial charge in [-0.15, -0.1) is 0 Å². The molecule has 0 aliphatic carbocycles. The predicted octanol–water partition coefficient (Wildman–Crippen LogP) is 3.54. The number of anilines is 1. The van der Waals surface area contributed by atoms with Crippen LogP contribution < -0.4 is 10.2 Å². The molecular formula is C16H16N4O5. The fourth-order valence-corrected chi connectivity index (χ4v) is 2.11. The van der Waals surface area contributed by atoms with Crippen LogP contribution in [0.5, 0.6) is 5.75 Å². The fraction of sp³-hybridized carbons (Fsp3) is 0.188. The van der Waals surface area contributed by atoms with Crippen molar-refractivity contribution in [3.05, 3.63) is 68.3 Å². The van der Waals surface area contributed by atoms with E-state index >= 15 is 0 Å². The van der Waals surface area contributed by atoms with Gasteiger partial charge in [0.25, 0.3) is 5.69 Å². The van der Waals surface area contributed by atoms with Crippen molar-refractivity contribution >= 4 is 22.8 Å². The topological polar surface area (TPSA) is 120 Å². The first-order chi connectivity index (χ1) is 11.9. The molecule has 9 nitrogen and oxygen atoms in total. The Bertz CT molecular complexity index is 818. The largest absolute Gasteiger partial charge is 0.497 e. The van der Waals surface area contributed by atoms with Crippen LogP contribution in [0.1, 0.15) is 12.5 Å². The maximum absolute atomic E-state index is 11.1. The van der Waals surface area contributed by atoms with E-state index in [1.165, 1.54) is 12.1 Å². The lowest BCUT2D eigenvalue weighted by Crippen LogP contribution is -2.03. The summed E-state index contributed by atoms with van der Waals surface area (Å²) in [6.07, 6.45) is 0.539. The summed E-state index contributed by atoms with van der Waals surface area (Å²) < 4.78 is 5.09. The monoisotopic (exact) mass is 344 g/mol. The van der Waals surface area contributed by atoms with Crippen molar-refractivity contribution in [3.8, 4) is 5.75 Å². The molecule has 0 atom stereocenters. The Balaban J connectivity index is 2.13. The van der Waals surface area contributed by atoms with E-state index in [1.807, 2.05) is 24.3 Å². The average Bonchev–Trinajstić information content (AvgIpc) is 2.60. The summed E-state index contributed by atoms with van der Waals surface area (Å²) in [6.45, 7) is 1.77. The van der Waals surface area contributed by atoms with E-state index in [0.717, 1.165) is 17.4 Å². The highest BCUT2D eigenvalue weighted by Gasteiger charge is 2.19. The van der Waals surface area contributed by atoms with Gasteiger partial charge in [0, 0.05) is 18.2 Å². The molecule has 0 aliphatic heterocycles.